The molecule has 3 aliphatic rings. The molecule has 3 unspecified atom stereocenters. The van der Waals surface area contributed by atoms with Gasteiger partial charge in [-0.2, -0.15) is 4.31 Å². The number of benzene rings is 2. The second-order valence-electron chi connectivity index (χ2n) is 7.79. The molecule has 0 radical (unpaired) electrons. The van der Waals surface area contributed by atoms with Gasteiger partial charge in [-0.05, 0) is 53.8 Å². The molecule has 2 aliphatic heterocycles. The van der Waals surface area contributed by atoms with E-state index in [-0.39, 0.29) is 6.04 Å². The van der Waals surface area contributed by atoms with E-state index in [1.807, 2.05) is 12.1 Å². The Morgan fingerprint density at radius 3 is 2.59 bits per heavy atom. The summed E-state index contributed by atoms with van der Waals surface area (Å²) >= 11 is 3.59. The topological polar surface area (TPSA) is 58.6 Å². The molecule has 0 aromatic heterocycles. The Kier molecular flexibility index (Phi) is 5.02. The molecule has 2 heterocycles. The number of hydrogen-bond donors (Lipinski definition) is 1. The Labute approximate surface area is 179 Å². The van der Waals surface area contributed by atoms with E-state index in [1.165, 1.54) is 9.87 Å². The lowest BCUT2D eigenvalue weighted by atomic mass is 9.77. The van der Waals surface area contributed by atoms with E-state index in [1.54, 1.807) is 12.1 Å². The van der Waals surface area contributed by atoms with Gasteiger partial charge in [-0.15, -0.1) is 0 Å². The molecule has 3 atom stereocenters. The second-order valence-corrected chi connectivity index (χ2v) is 10.6. The van der Waals surface area contributed by atoms with Gasteiger partial charge in [-0.3, -0.25) is 0 Å². The number of nitrogens with zero attached hydrogens (tertiary/aromatic N) is 1. The maximum absolute atomic E-state index is 12.9. The highest BCUT2D eigenvalue weighted by molar-refractivity contribution is 9.10. The van der Waals surface area contributed by atoms with Crippen LogP contribution in [0.25, 0.3) is 0 Å². The average molecular weight is 475 g/mol. The van der Waals surface area contributed by atoms with Gasteiger partial charge in [0, 0.05) is 29.2 Å². The zero-order valence-electron chi connectivity index (χ0n) is 15.9. The standard InChI is InChI=1S/C22H23BrN2O3S/c23-16-6-9-21-20(14-16)18-2-1-3-19(18)22(24-21)15-4-7-17(8-5-15)29(26,27)25-10-12-28-13-11-25/h1-2,4-9,14,18-19,22,24H,3,10-13H2. The van der Waals surface area contributed by atoms with Gasteiger partial charge in [0.25, 0.3) is 0 Å². The van der Waals surface area contributed by atoms with Crippen molar-refractivity contribution < 1.29 is 13.2 Å². The SMILES string of the molecule is O=S(=O)(c1ccc(C2Nc3ccc(Br)cc3C3C=CCC32)cc1)N1CCOCC1. The first-order chi connectivity index (χ1) is 14.0. The van der Waals surface area contributed by atoms with Crippen molar-refractivity contribution in [3.8, 4) is 0 Å². The molecule has 0 bridgehead atoms. The lowest BCUT2D eigenvalue weighted by Gasteiger charge is -2.37. The summed E-state index contributed by atoms with van der Waals surface area (Å²) in [6.45, 7) is 1.73. The highest BCUT2D eigenvalue weighted by Gasteiger charge is 2.38. The zero-order valence-corrected chi connectivity index (χ0v) is 18.3. The molecule has 0 saturated carbocycles. The van der Waals surface area contributed by atoms with Crippen LogP contribution in [-0.2, 0) is 14.8 Å². The Balaban J connectivity index is 1.44. The van der Waals surface area contributed by atoms with Crippen molar-refractivity contribution in [1.82, 2.24) is 4.31 Å². The quantitative estimate of drug-likeness (QED) is 0.673. The molecular formula is C22H23BrN2O3S. The first kappa shape index (κ1) is 19.3. The van der Waals surface area contributed by atoms with Crippen LogP contribution in [0.2, 0.25) is 0 Å². The predicted molar refractivity (Wildman–Crippen MR) is 117 cm³/mol. The highest BCUT2D eigenvalue weighted by atomic mass is 79.9. The lowest BCUT2D eigenvalue weighted by Crippen LogP contribution is -2.40. The van der Waals surface area contributed by atoms with Crippen molar-refractivity contribution in [2.24, 2.45) is 5.92 Å². The summed E-state index contributed by atoms with van der Waals surface area (Å²) in [6, 6.07) is 13.9. The number of sulfonamides is 1. The third-order valence-corrected chi connectivity index (χ3v) is 8.58. The molecule has 5 rings (SSSR count). The van der Waals surface area contributed by atoms with E-state index in [9.17, 15) is 8.42 Å². The minimum Gasteiger partial charge on any atom is -0.379 e. The normalized spacial score (nSPS) is 26.6. The Hall–Kier alpha value is -1.67. The van der Waals surface area contributed by atoms with E-state index >= 15 is 0 Å². The first-order valence-corrected chi connectivity index (χ1v) is 12.2. The van der Waals surface area contributed by atoms with Gasteiger partial charge < -0.3 is 10.1 Å². The van der Waals surface area contributed by atoms with Crippen LogP contribution < -0.4 is 5.32 Å². The van der Waals surface area contributed by atoms with Crippen molar-refractivity contribution in [3.63, 3.8) is 0 Å². The zero-order chi connectivity index (χ0) is 20.0. The lowest BCUT2D eigenvalue weighted by molar-refractivity contribution is 0.0730. The number of ether oxygens (including phenoxy) is 1. The van der Waals surface area contributed by atoms with Crippen LogP contribution in [0.3, 0.4) is 0 Å². The summed E-state index contributed by atoms with van der Waals surface area (Å²) in [6.07, 6.45) is 5.58. The summed E-state index contributed by atoms with van der Waals surface area (Å²) in [4.78, 5) is 0.351. The van der Waals surface area contributed by atoms with Gasteiger partial charge in [0.05, 0.1) is 24.2 Å². The summed E-state index contributed by atoms with van der Waals surface area (Å²) in [7, 11) is -3.47. The van der Waals surface area contributed by atoms with Crippen LogP contribution in [0, 0.1) is 5.92 Å². The van der Waals surface area contributed by atoms with Crippen LogP contribution in [0.1, 0.15) is 29.5 Å². The van der Waals surface area contributed by atoms with Crippen molar-refractivity contribution in [2.45, 2.75) is 23.3 Å². The maximum Gasteiger partial charge on any atom is 0.243 e. The van der Waals surface area contributed by atoms with Crippen LogP contribution >= 0.6 is 15.9 Å². The molecule has 5 nitrogen and oxygen atoms in total. The van der Waals surface area contributed by atoms with E-state index in [4.69, 9.17) is 4.74 Å². The fraction of sp³-hybridized carbons (Fsp3) is 0.364. The van der Waals surface area contributed by atoms with Crippen LogP contribution in [0.4, 0.5) is 5.69 Å². The van der Waals surface area contributed by atoms with E-state index in [2.05, 4.69) is 51.6 Å². The summed E-state index contributed by atoms with van der Waals surface area (Å²) < 4.78 is 33.7. The molecular weight excluding hydrogens is 452 g/mol. The molecule has 7 heteroatoms. The number of hydrogen-bond acceptors (Lipinski definition) is 4. The van der Waals surface area contributed by atoms with E-state index in [0.29, 0.717) is 43.0 Å². The van der Waals surface area contributed by atoms with Crippen LogP contribution in [0.15, 0.2) is 64.0 Å². The molecule has 1 aliphatic carbocycles. The molecule has 0 amide bonds. The van der Waals surface area contributed by atoms with Gasteiger partial charge in [0.1, 0.15) is 0 Å². The van der Waals surface area contributed by atoms with Crippen molar-refractivity contribution in [3.05, 3.63) is 70.2 Å². The van der Waals surface area contributed by atoms with Gasteiger partial charge in [-0.25, -0.2) is 8.42 Å². The molecule has 1 N–H and O–H groups in total. The number of rotatable bonds is 3. The number of morpholine rings is 1. The molecule has 0 spiro atoms. The number of anilines is 1. The van der Waals surface area contributed by atoms with Crippen molar-refractivity contribution >= 4 is 31.6 Å². The smallest absolute Gasteiger partial charge is 0.243 e. The number of nitrogens with one attached hydrogen (secondary N) is 1. The summed E-state index contributed by atoms with van der Waals surface area (Å²) in [5.41, 5.74) is 3.59. The largest absolute Gasteiger partial charge is 0.379 e. The highest BCUT2D eigenvalue weighted by Crippen LogP contribution is 2.50. The second kappa shape index (κ2) is 7.54. The van der Waals surface area contributed by atoms with E-state index < -0.39 is 10.0 Å². The average Bonchev–Trinajstić information content (AvgIpc) is 3.24. The Morgan fingerprint density at radius 2 is 1.83 bits per heavy atom. The molecule has 1 fully saturated rings. The molecule has 152 valence electrons. The molecule has 29 heavy (non-hydrogen) atoms. The van der Waals surface area contributed by atoms with Crippen LogP contribution in [0.5, 0.6) is 0 Å². The summed E-state index contributed by atoms with van der Waals surface area (Å²) in [5.74, 6) is 0.809. The third kappa shape index (κ3) is 3.44. The Bertz CT molecular complexity index is 1050. The first-order valence-electron chi connectivity index (χ1n) is 9.94. The third-order valence-electron chi connectivity index (χ3n) is 6.17. The van der Waals surface area contributed by atoms with Crippen molar-refractivity contribution in [2.75, 3.05) is 31.6 Å². The maximum atomic E-state index is 12.9. The monoisotopic (exact) mass is 474 g/mol. The van der Waals surface area contributed by atoms with Crippen LogP contribution in [-0.4, -0.2) is 39.0 Å². The van der Waals surface area contributed by atoms with Gasteiger partial charge in [0.15, 0.2) is 0 Å². The molecule has 1 saturated heterocycles. The summed E-state index contributed by atoms with van der Waals surface area (Å²) in [5, 5.41) is 3.70. The van der Waals surface area contributed by atoms with Crippen molar-refractivity contribution in [1.29, 1.82) is 0 Å². The van der Waals surface area contributed by atoms with Gasteiger partial charge in [0.2, 0.25) is 10.0 Å². The van der Waals surface area contributed by atoms with Gasteiger partial charge in [-0.1, -0.05) is 40.2 Å². The minimum absolute atomic E-state index is 0.156. The number of fused-ring (bicyclic) bond motifs is 3. The molecule has 2 aromatic rings. The Morgan fingerprint density at radius 1 is 1.07 bits per heavy atom. The van der Waals surface area contributed by atoms with Gasteiger partial charge >= 0.3 is 0 Å². The number of halogens is 1. The fourth-order valence-electron chi connectivity index (χ4n) is 4.68. The number of allylic oxidation sites excluding steroid dienone is 2. The van der Waals surface area contributed by atoms with E-state index in [0.717, 1.165) is 22.1 Å². The minimum atomic E-state index is -3.47. The fourth-order valence-corrected chi connectivity index (χ4v) is 6.47. The molecule has 2 aromatic carbocycles. The predicted octanol–water partition coefficient (Wildman–Crippen LogP) is 4.30.